The first-order chi connectivity index (χ1) is 15.7. The lowest BCUT2D eigenvalue weighted by Gasteiger charge is -2.25. The number of likely N-dealkylation sites (tertiary alicyclic amines) is 1. The molecular weight excluding hydrogens is 424 g/mol. The molecule has 7 nitrogen and oxygen atoms in total. The number of fused-ring (bicyclic) bond motifs is 1. The molecule has 1 N–H and O–H groups in total. The number of carbonyl (C=O) groups excluding carboxylic acids is 1. The number of nitrogens with one attached hydrogen (secondary N) is 1. The fourth-order valence-electron chi connectivity index (χ4n) is 4.16. The molecule has 0 radical (unpaired) electrons. The van der Waals surface area contributed by atoms with Crippen LogP contribution in [-0.4, -0.2) is 51.5 Å². The van der Waals surface area contributed by atoms with Crippen molar-refractivity contribution in [1.29, 1.82) is 0 Å². The van der Waals surface area contributed by atoms with Crippen molar-refractivity contribution in [3.05, 3.63) is 53.6 Å². The summed E-state index contributed by atoms with van der Waals surface area (Å²) in [6.07, 6.45) is 2.82. The third-order valence-electron chi connectivity index (χ3n) is 5.84. The van der Waals surface area contributed by atoms with Gasteiger partial charge < -0.3 is 14.4 Å². The third-order valence-corrected chi connectivity index (χ3v) is 6.68. The molecule has 1 atom stereocenters. The molecule has 3 heterocycles. The summed E-state index contributed by atoms with van der Waals surface area (Å²) in [6, 6.07) is 14.2. The molecular formula is C24H26N4O3S. The van der Waals surface area contributed by atoms with Gasteiger partial charge in [0.1, 0.15) is 0 Å². The summed E-state index contributed by atoms with van der Waals surface area (Å²) in [6.45, 7) is 4.14. The summed E-state index contributed by atoms with van der Waals surface area (Å²) in [5, 5.41) is 7.83. The molecule has 32 heavy (non-hydrogen) atoms. The van der Waals surface area contributed by atoms with Crippen LogP contribution in [0.15, 0.2) is 47.6 Å². The molecule has 3 aromatic rings. The van der Waals surface area contributed by atoms with E-state index in [1.54, 1.807) is 0 Å². The van der Waals surface area contributed by atoms with Crippen LogP contribution in [0.2, 0.25) is 0 Å². The number of nitrogens with zero attached hydrogens (tertiary/aromatic N) is 3. The lowest BCUT2D eigenvalue weighted by Crippen LogP contribution is -2.32. The number of aromatic amines is 1. The first-order valence-electron chi connectivity index (χ1n) is 11.0. The molecule has 0 bridgehead atoms. The lowest BCUT2D eigenvalue weighted by molar-refractivity contribution is -0.129. The van der Waals surface area contributed by atoms with Gasteiger partial charge in [-0.05, 0) is 37.5 Å². The average Bonchev–Trinajstić information content (AvgIpc) is 3.43. The fourth-order valence-corrected chi connectivity index (χ4v) is 4.84. The zero-order valence-corrected chi connectivity index (χ0v) is 18.9. The van der Waals surface area contributed by atoms with Crippen molar-refractivity contribution >= 4 is 17.7 Å². The number of thioether (sulfide) groups is 1. The van der Waals surface area contributed by atoms with E-state index in [-0.39, 0.29) is 11.9 Å². The molecule has 1 fully saturated rings. The number of rotatable bonds is 5. The van der Waals surface area contributed by atoms with E-state index in [0.717, 1.165) is 48.4 Å². The van der Waals surface area contributed by atoms with Gasteiger partial charge in [-0.15, -0.1) is 5.10 Å². The largest absolute Gasteiger partial charge is 0.490 e. The second-order valence-electron chi connectivity index (χ2n) is 8.12. The van der Waals surface area contributed by atoms with Crippen LogP contribution in [0, 0.1) is 6.92 Å². The quantitative estimate of drug-likeness (QED) is 0.581. The predicted octanol–water partition coefficient (Wildman–Crippen LogP) is 4.40. The molecule has 1 aromatic heterocycles. The predicted molar refractivity (Wildman–Crippen MR) is 123 cm³/mol. The summed E-state index contributed by atoms with van der Waals surface area (Å²) >= 11 is 1.37. The van der Waals surface area contributed by atoms with Crippen LogP contribution in [0.3, 0.4) is 0 Å². The van der Waals surface area contributed by atoms with Crippen LogP contribution in [0.5, 0.6) is 11.5 Å². The number of ether oxygens (including phenoxy) is 2. The Hall–Kier alpha value is -3.00. The van der Waals surface area contributed by atoms with E-state index in [1.807, 2.05) is 41.3 Å². The van der Waals surface area contributed by atoms with Crippen molar-refractivity contribution in [1.82, 2.24) is 20.1 Å². The highest BCUT2D eigenvalue weighted by molar-refractivity contribution is 7.99. The minimum absolute atomic E-state index is 0.0653. The van der Waals surface area contributed by atoms with Crippen LogP contribution < -0.4 is 9.47 Å². The Morgan fingerprint density at radius 1 is 1.12 bits per heavy atom. The molecule has 8 heteroatoms. The van der Waals surface area contributed by atoms with E-state index in [4.69, 9.17) is 9.47 Å². The summed E-state index contributed by atoms with van der Waals surface area (Å²) in [5.74, 6) is 2.69. The summed E-state index contributed by atoms with van der Waals surface area (Å²) in [5.41, 5.74) is 3.28. The van der Waals surface area contributed by atoms with E-state index in [1.165, 1.54) is 17.3 Å². The first kappa shape index (κ1) is 20.9. The summed E-state index contributed by atoms with van der Waals surface area (Å²) in [7, 11) is 0. The van der Waals surface area contributed by atoms with Gasteiger partial charge in [-0.1, -0.05) is 47.7 Å². The third kappa shape index (κ3) is 4.46. The van der Waals surface area contributed by atoms with Gasteiger partial charge in [-0.25, -0.2) is 4.98 Å². The molecule has 166 valence electrons. The Labute approximate surface area is 191 Å². The van der Waals surface area contributed by atoms with Crippen LogP contribution in [0.1, 0.15) is 36.4 Å². The Bertz CT molecular complexity index is 1100. The Morgan fingerprint density at radius 2 is 1.94 bits per heavy atom. The number of benzene rings is 2. The minimum Gasteiger partial charge on any atom is -0.490 e. The maximum atomic E-state index is 13.0. The fraction of sp³-hybridized carbons (Fsp3) is 0.375. The molecule has 1 saturated heterocycles. The van der Waals surface area contributed by atoms with E-state index < -0.39 is 0 Å². The zero-order chi connectivity index (χ0) is 21.9. The second kappa shape index (κ2) is 9.24. The SMILES string of the molecule is Cc1ccc(-c2nc(SCC(=O)N3CCCC3c3ccc4c(c3)OCCCO4)n[nH]2)cc1. The number of hydrogen-bond acceptors (Lipinski definition) is 6. The van der Waals surface area contributed by atoms with Gasteiger partial charge in [0.05, 0.1) is 25.0 Å². The Morgan fingerprint density at radius 3 is 2.78 bits per heavy atom. The van der Waals surface area contributed by atoms with Crippen molar-refractivity contribution in [3.63, 3.8) is 0 Å². The lowest BCUT2D eigenvalue weighted by atomic mass is 10.0. The van der Waals surface area contributed by atoms with Gasteiger partial charge in [-0.2, -0.15) is 0 Å². The van der Waals surface area contributed by atoms with Crippen molar-refractivity contribution < 1.29 is 14.3 Å². The molecule has 1 amide bonds. The monoisotopic (exact) mass is 450 g/mol. The van der Waals surface area contributed by atoms with Gasteiger partial charge in [0, 0.05) is 18.5 Å². The Kier molecular flexibility index (Phi) is 6.03. The Balaban J connectivity index is 1.24. The molecule has 0 saturated carbocycles. The molecule has 2 aromatic carbocycles. The number of aromatic nitrogens is 3. The number of hydrogen-bond donors (Lipinski definition) is 1. The van der Waals surface area contributed by atoms with Crippen molar-refractivity contribution in [3.8, 4) is 22.9 Å². The molecule has 5 rings (SSSR count). The van der Waals surface area contributed by atoms with Crippen LogP contribution in [0.25, 0.3) is 11.4 Å². The number of H-pyrrole nitrogens is 1. The maximum absolute atomic E-state index is 13.0. The van der Waals surface area contributed by atoms with Crippen molar-refractivity contribution in [2.45, 2.75) is 37.4 Å². The van der Waals surface area contributed by atoms with Crippen LogP contribution in [-0.2, 0) is 4.79 Å². The number of aryl methyl sites for hydroxylation is 1. The summed E-state index contributed by atoms with van der Waals surface area (Å²) in [4.78, 5) is 19.6. The maximum Gasteiger partial charge on any atom is 0.233 e. The highest BCUT2D eigenvalue weighted by Gasteiger charge is 2.31. The van der Waals surface area contributed by atoms with E-state index >= 15 is 0 Å². The van der Waals surface area contributed by atoms with E-state index in [2.05, 4.69) is 28.2 Å². The highest BCUT2D eigenvalue weighted by Crippen LogP contribution is 2.38. The molecule has 2 aliphatic rings. The molecule has 2 aliphatic heterocycles. The average molecular weight is 451 g/mol. The van der Waals surface area contributed by atoms with Gasteiger partial charge in [0.2, 0.25) is 11.1 Å². The molecule has 0 aliphatic carbocycles. The van der Waals surface area contributed by atoms with Crippen LogP contribution in [0.4, 0.5) is 0 Å². The number of carbonyl (C=O) groups is 1. The smallest absolute Gasteiger partial charge is 0.233 e. The summed E-state index contributed by atoms with van der Waals surface area (Å²) < 4.78 is 11.6. The topological polar surface area (TPSA) is 80.3 Å². The highest BCUT2D eigenvalue weighted by atomic mass is 32.2. The van der Waals surface area contributed by atoms with Crippen molar-refractivity contribution in [2.24, 2.45) is 0 Å². The second-order valence-corrected chi connectivity index (χ2v) is 9.07. The molecule has 1 unspecified atom stereocenters. The zero-order valence-electron chi connectivity index (χ0n) is 18.0. The van der Waals surface area contributed by atoms with Gasteiger partial charge in [0.25, 0.3) is 0 Å². The first-order valence-corrected chi connectivity index (χ1v) is 12.0. The van der Waals surface area contributed by atoms with Gasteiger partial charge in [-0.3, -0.25) is 9.89 Å². The van der Waals surface area contributed by atoms with Crippen molar-refractivity contribution in [2.75, 3.05) is 25.5 Å². The van der Waals surface area contributed by atoms with E-state index in [0.29, 0.717) is 29.9 Å². The normalized spacial score (nSPS) is 17.9. The van der Waals surface area contributed by atoms with E-state index in [9.17, 15) is 4.79 Å². The minimum atomic E-state index is 0.0653. The standard InChI is InChI=1S/C24H26N4O3S/c1-16-5-7-17(8-6-16)23-25-24(27-26-23)32-15-22(29)28-11-2-4-19(28)18-9-10-20-21(14-18)31-13-3-12-30-20/h5-10,14,19H,2-4,11-13,15H2,1H3,(H,25,26,27). The van der Waals surface area contributed by atoms with Gasteiger partial charge >= 0.3 is 0 Å². The van der Waals surface area contributed by atoms with Crippen LogP contribution >= 0.6 is 11.8 Å². The number of amides is 1. The van der Waals surface area contributed by atoms with Gasteiger partial charge in [0.15, 0.2) is 17.3 Å². The molecule has 0 spiro atoms.